The van der Waals surface area contributed by atoms with Crippen LogP contribution in [0, 0.1) is 5.92 Å². The molecule has 2 aliphatic rings. The minimum absolute atomic E-state index is 0.360. The van der Waals surface area contributed by atoms with Gasteiger partial charge < -0.3 is 25.0 Å². The molecule has 8 nitrogen and oxygen atoms in total. The third-order valence-corrected chi connectivity index (χ3v) is 5.20. The summed E-state index contributed by atoms with van der Waals surface area (Å²) in [4.78, 5) is 30.7. The van der Waals surface area contributed by atoms with Crippen molar-refractivity contribution in [1.82, 2.24) is 10.3 Å². The summed E-state index contributed by atoms with van der Waals surface area (Å²) in [5.74, 6) is 0.249. The molecule has 0 aliphatic carbocycles. The highest BCUT2D eigenvalue weighted by Gasteiger charge is 2.22. The Kier molecular flexibility index (Phi) is 5.79. The molecule has 0 bridgehead atoms. The average molecular weight is 396 g/mol. The van der Waals surface area contributed by atoms with E-state index >= 15 is 0 Å². The number of aromatic nitrogens is 1. The topological polar surface area (TPSA) is 92.8 Å². The Labute approximate surface area is 169 Å². The summed E-state index contributed by atoms with van der Waals surface area (Å²) in [5.41, 5.74) is 1.67. The van der Waals surface area contributed by atoms with Crippen LogP contribution in [0.25, 0.3) is 0 Å². The van der Waals surface area contributed by atoms with Crippen molar-refractivity contribution in [2.24, 2.45) is 5.92 Å². The lowest BCUT2D eigenvalue weighted by Gasteiger charge is -2.33. The van der Waals surface area contributed by atoms with E-state index in [1.807, 2.05) is 12.1 Å². The quantitative estimate of drug-likeness (QED) is 0.766. The molecule has 2 aromatic rings. The zero-order valence-electron chi connectivity index (χ0n) is 16.1. The molecule has 4 rings (SSSR count). The number of rotatable bonds is 4. The van der Waals surface area contributed by atoms with E-state index in [0.29, 0.717) is 42.9 Å². The summed E-state index contributed by atoms with van der Waals surface area (Å²) < 4.78 is 10.9. The number of piperidine rings is 1. The predicted octanol–water partition coefficient (Wildman–Crippen LogP) is 1.82. The van der Waals surface area contributed by atoms with Crippen molar-refractivity contribution >= 4 is 23.2 Å². The molecule has 0 unspecified atom stereocenters. The lowest BCUT2D eigenvalue weighted by Crippen LogP contribution is -2.41. The highest BCUT2D eigenvalue weighted by atomic mass is 16.6. The first-order valence-electron chi connectivity index (χ1n) is 9.83. The third-order valence-electron chi connectivity index (χ3n) is 5.20. The van der Waals surface area contributed by atoms with Gasteiger partial charge in [0, 0.05) is 49.5 Å². The van der Waals surface area contributed by atoms with Gasteiger partial charge in [-0.05, 0) is 43.0 Å². The number of nitrogens with one attached hydrogen (secondary N) is 2. The molecule has 29 heavy (non-hydrogen) atoms. The SMILES string of the molecule is O=C(NCC1CCN(c2ccncc2)CC1)C(=O)Nc1ccc2c(c1)OCCO2. The van der Waals surface area contributed by atoms with Gasteiger partial charge in [0.1, 0.15) is 13.2 Å². The number of ether oxygens (including phenoxy) is 2. The van der Waals surface area contributed by atoms with Crippen molar-refractivity contribution in [3.63, 3.8) is 0 Å². The second-order valence-electron chi connectivity index (χ2n) is 7.16. The molecule has 2 amide bonds. The van der Waals surface area contributed by atoms with Crippen molar-refractivity contribution in [3.05, 3.63) is 42.7 Å². The van der Waals surface area contributed by atoms with Crippen LogP contribution >= 0.6 is 0 Å². The fraction of sp³-hybridized carbons (Fsp3) is 0.381. The van der Waals surface area contributed by atoms with Gasteiger partial charge in [-0.2, -0.15) is 0 Å². The van der Waals surface area contributed by atoms with Crippen molar-refractivity contribution < 1.29 is 19.1 Å². The molecule has 0 radical (unpaired) electrons. The van der Waals surface area contributed by atoms with Crippen molar-refractivity contribution in [1.29, 1.82) is 0 Å². The molecule has 1 saturated heterocycles. The minimum atomic E-state index is -0.684. The number of amides is 2. The van der Waals surface area contributed by atoms with Gasteiger partial charge >= 0.3 is 11.8 Å². The van der Waals surface area contributed by atoms with Gasteiger partial charge in [-0.1, -0.05) is 0 Å². The van der Waals surface area contributed by atoms with Crippen LogP contribution in [0.2, 0.25) is 0 Å². The first-order valence-corrected chi connectivity index (χ1v) is 9.83. The Morgan fingerprint density at radius 3 is 2.48 bits per heavy atom. The van der Waals surface area contributed by atoms with Crippen LogP contribution in [0.15, 0.2) is 42.7 Å². The third kappa shape index (κ3) is 4.77. The monoisotopic (exact) mass is 396 g/mol. The molecule has 1 aromatic heterocycles. The molecule has 2 aliphatic heterocycles. The lowest BCUT2D eigenvalue weighted by atomic mass is 9.96. The van der Waals surface area contributed by atoms with Crippen LogP contribution < -0.4 is 25.0 Å². The van der Waals surface area contributed by atoms with E-state index in [9.17, 15) is 9.59 Å². The van der Waals surface area contributed by atoms with E-state index in [1.54, 1.807) is 30.6 Å². The molecule has 0 spiro atoms. The summed E-state index contributed by atoms with van der Waals surface area (Å²) in [6, 6.07) is 9.08. The smallest absolute Gasteiger partial charge is 0.313 e. The van der Waals surface area contributed by atoms with Gasteiger partial charge in [0.25, 0.3) is 0 Å². The summed E-state index contributed by atoms with van der Waals surface area (Å²) in [6.07, 6.45) is 5.52. The normalized spacial score (nSPS) is 16.2. The number of anilines is 2. The van der Waals surface area contributed by atoms with E-state index in [-0.39, 0.29) is 0 Å². The fourth-order valence-corrected chi connectivity index (χ4v) is 3.58. The van der Waals surface area contributed by atoms with Crippen molar-refractivity contribution in [2.45, 2.75) is 12.8 Å². The zero-order chi connectivity index (χ0) is 20.1. The number of benzene rings is 1. The summed E-state index contributed by atoms with van der Waals surface area (Å²) in [5, 5.41) is 5.36. The average Bonchev–Trinajstić information content (AvgIpc) is 2.78. The van der Waals surface area contributed by atoms with Crippen LogP contribution in [0.4, 0.5) is 11.4 Å². The van der Waals surface area contributed by atoms with Gasteiger partial charge in [-0.25, -0.2) is 0 Å². The largest absolute Gasteiger partial charge is 0.486 e. The number of hydrogen-bond acceptors (Lipinski definition) is 6. The predicted molar refractivity (Wildman–Crippen MR) is 108 cm³/mol. The number of carbonyl (C=O) groups excluding carboxylic acids is 2. The second-order valence-corrected chi connectivity index (χ2v) is 7.16. The molecule has 1 fully saturated rings. The zero-order valence-corrected chi connectivity index (χ0v) is 16.1. The highest BCUT2D eigenvalue weighted by molar-refractivity contribution is 6.39. The fourth-order valence-electron chi connectivity index (χ4n) is 3.58. The van der Waals surface area contributed by atoms with Crippen molar-refractivity contribution in [2.75, 3.05) is 43.1 Å². The molecule has 0 saturated carbocycles. The second kappa shape index (κ2) is 8.81. The standard InChI is InChI=1S/C21H24N4O4/c26-20(21(27)24-16-1-2-18-19(13-16)29-12-11-28-18)23-14-15-5-9-25(10-6-15)17-3-7-22-8-4-17/h1-4,7-8,13,15H,5-6,9-12,14H2,(H,23,26)(H,24,27). The van der Waals surface area contributed by atoms with Gasteiger partial charge in [-0.3, -0.25) is 14.6 Å². The summed E-state index contributed by atoms with van der Waals surface area (Å²) in [6.45, 7) is 3.31. The molecule has 3 heterocycles. The van der Waals surface area contributed by atoms with Crippen LogP contribution in [0.3, 0.4) is 0 Å². The Hall–Kier alpha value is -3.29. The summed E-state index contributed by atoms with van der Waals surface area (Å²) in [7, 11) is 0. The maximum atomic E-state index is 12.2. The maximum Gasteiger partial charge on any atom is 0.313 e. The number of pyridine rings is 1. The van der Waals surface area contributed by atoms with Crippen LogP contribution in [0.5, 0.6) is 11.5 Å². The van der Waals surface area contributed by atoms with Crippen LogP contribution in [0.1, 0.15) is 12.8 Å². The Morgan fingerprint density at radius 1 is 1.00 bits per heavy atom. The first kappa shape index (κ1) is 19.0. The van der Waals surface area contributed by atoms with E-state index in [1.165, 1.54) is 5.69 Å². The summed E-state index contributed by atoms with van der Waals surface area (Å²) >= 11 is 0. The van der Waals surface area contributed by atoms with Gasteiger partial charge in [0.05, 0.1) is 0 Å². The molecular formula is C21H24N4O4. The van der Waals surface area contributed by atoms with Gasteiger partial charge in [0.15, 0.2) is 11.5 Å². The number of fused-ring (bicyclic) bond motifs is 1. The maximum absolute atomic E-state index is 12.2. The molecule has 0 atom stereocenters. The Bertz CT molecular complexity index is 866. The Balaban J connectivity index is 1.22. The molecule has 8 heteroatoms. The van der Waals surface area contributed by atoms with E-state index in [0.717, 1.165) is 25.9 Å². The van der Waals surface area contributed by atoms with Crippen LogP contribution in [-0.4, -0.2) is 49.6 Å². The number of carbonyl (C=O) groups is 2. The molecule has 152 valence electrons. The number of hydrogen-bond donors (Lipinski definition) is 2. The van der Waals surface area contributed by atoms with Gasteiger partial charge in [0.2, 0.25) is 0 Å². The minimum Gasteiger partial charge on any atom is -0.486 e. The van der Waals surface area contributed by atoms with E-state index in [2.05, 4.69) is 20.5 Å². The van der Waals surface area contributed by atoms with E-state index < -0.39 is 11.8 Å². The Morgan fingerprint density at radius 2 is 1.72 bits per heavy atom. The molecular weight excluding hydrogens is 372 g/mol. The molecule has 1 aromatic carbocycles. The first-order chi connectivity index (χ1) is 14.2. The lowest BCUT2D eigenvalue weighted by molar-refractivity contribution is -0.136. The van der Waals surface area contributed by atoms with Crippen LogP contribution in [-0.2, 0) is 9.59 Å². The van der Waals surface area contributed by atoms with Crippen molar-refractivity contribution in [3.8, 4) is 11.5 Å². The van der Waals surface area contributed by atoms with Gasteiger partial charge in [-0.15, -0.1) is 0 Å². The van der Waals surface area contributed by atoms with E-state index in [4.69, 9.17) is 9.47 Å². The molecule has 2 N–H and O–H groups in total. The number of nitrogens with zero attached hydrogens (tertiary/aromatic N) is 2. The highest BCUT2D eigenvalue weighted by Crippen LogP contribution is 2.32.